The van der Waals surface area contributed by atoms with E-state index in [0.29, 0.717) is 0 Å². The number of aliphatic hydroxyl groups is 1. The van der Waals surface area contributed by atoms with Crippen LogP contribution in [0.2, 0.25) is 0 Å². The van der Waals surface area contributed by atoms with Gasteiger partial charge in [-0.3, -0.25) is 4.79 Å². The average Bonchev–Trinajstić information content (AvgIpc) is 2.65. The van der Waals surface area contributed by atoms with Gasteiger partial charge < -0.3 is 9.84 Å². The Morgan fingerprint density at radius 3 is 2.91 bits per heavy atom. The molecule has 0 radical (unpaired) electrons. The summed E-state index contributed by atoms with van der Waals surface area (Å²) in [6, 6.07) is 0. The smallest absolute Gasteiger partial charge is 0.312 e. The van der Waals surface area contributed by atoms with Crippen LogP contribution in [0.4, 0.5) is 4.39 Å². The monoisotopic (exact) mass is 162 g/mol. The second-order valence-electron chi connectivity index (χ2n) is 2.70. The van der Waals surface area contributed by atoms with Gasteiger partial charge in [0.15, 0.2) is 0 Å². The lowest BCUT2D eigenvalue weighted by Gasteiger charge is -2.02. The number of hydrogen-bond acceptors (Lipinski definition) is 3. The molecule has 64 valence electrons. The zero-order valence-electron chi connectivity index (χ0n) is 6.34. The lowest BCUT2D eigenvalue weighted by atomic mass is 10.3. The van der Waals surface area contributed by atoms with Gasteiger partial charge in [0.05, 0.1) is 19.1 Å². The van der Waals surface area contributed by atoms with Gasteiger partial charge in [0.25, 0.3) is 0 Å². The topological polar surface area (TPSA) is 46.5 Å². The summed E-state index contributed by atoms with van der Waals surface area (Å²) in [4.78, 5) is 10.8. The molecule has 2 unspecified atom stereocenters. The third-order valence-electron chi connectivity index (χ3n) is 1.84. The molecule has 4 heteroatoms. The minimum Gasteiger partial charge on any atom is -0.466 e. The van der Waals surface area contributed by atoms with E-state index in [9.17, 15) is 9.18 Å². The predicted octanol–water partition coefficient (Wildman–Crippen LogP) is 0.270. The largest absolute Gasteiger partial charge is 0.466 e. The molecule has 1 rings (SSSR count). The number of carbonyl (C=O) groups is 1. The molecule has 1 saturated carbocycles. The lowest BCUT2D eigenvalue weighted by molar-refractivity contribution is -0.146. The molecule has 0 amide bonds. The summed E-state index contributed by atoms with van der Waals surface area (Å²) in [7, 11) is 0. The maximum Gasteiger partial charge on any atom is 0.312 e. The Kier molecular flexibility index (Phi) is 2.13. The van der Waals surface area contributed by atoms with Crippen LogP contribution in [-0.2, 0) is 9.53 Å². The van der Waals surface area contributed by atoms with Crippen molar-refractivity contribution in [3.8, 4) is 0 Å². The standard InChI is InChI=1S/C7H11FO3/c1-2-11-6(10)5-3-7(5,8)4-9/h5,9H,2-4H2,1H3. The van der Waals surface area contributed by atoms with Gasteiger partial charge in [-0.15, -0.1) is 0 Å². The highest BCUT2D eigenvalue weighted by molar-refractivity contribution is 5.77. The van der Waals surface area contributed by atoms with Crippen LogP contribution in [0, 0.1) is 5.92 Å². The fourth-order valence-corrected chi connectivity index (χ4v) is 0.993. The molecule has 0 aromatic carbocycles. The van der Waals surface area contributed by atoms with Crippen molar-refractivity contribution >= 4 is 5.97 Å². The fourth-order valence-electron chi connectivity index (χ4n) is 0.993. The minimum absolute atomic E-state index is 0.0995. The molecule has 1 aliphatic rings. The number of rotatable bonds is 3. The Hall–Kier alpha value is -0.640. The van der Waals surface area contributed by atoms with Gasteiger partial charge >= 0.3 is 5.97 Å². The van der Waals surface area contributed by atoms with E-state index >= 15 is 0 Å². The molecular formula is C7H11FO3. The summed E-state index contributed by atoms with van der Waals surface area (Å²) in [6.07, 6.45) is 0.0995. The minimum atomic E-state index is -1.69. The van der Waals surface area contributed by atoms with Gasteiger partial charge in [0.1, 0.15) is 5.67 Å². The van der Waals surface area contributed by atoms with Crippen LogP contribution >= 0.6 is 0 Å². The molecular weight excluding hydrogens is 151 g/mol. The van der Waals surface area contributed by atoms with Crippen LogP contribution in [0.25, 0.3) is 0 Å². The summed E-state index contributed by atoms with van der Waals surface area (Å²) in [5, 5.41) is 8.47. The third kappa shape index (κ3) is 1.50. The Morgan fingerprint density at radius 2 is 2.55 bits per heavy atom. The van der Waals surface area contributed by atoms with Gasteiger partial charge in [-0.05, 0) is 6.92 Å². The Morgan fingerprint density at radius 1 is 1.91 bits per heavy atom. The summed E-state index contributed by atoms with van der Waals surface area (Å²) in [5.41, 5.74) is -1.69. The summed E-state index contributed by atoms with van der Waals surface area (Å²) < 4.78 is 17.5. The zero-order valence-corrected chi connectivity index (χ0v) is 6.34. The summed E-state index contributed by atoms with van der Waals surface area (Å²) >= 11 is 0. The fraction of sp³-hybridized carbons (Fsp3) is 0.857. The van der Waals surface area contributed by atoms with Gasteiger partial charge in [0, 0.05) is 6.42 Å². The van der Waals surface area contributed by atoms with Crippen LogP contribution in [0.3, 0.4) is 0 Å². The van der Waals surface area contributed by atoms with Crippen molar-refractivity contribution in [2.45, 2.75) is 19.0 Å². The molecule has 11 heavy (non-hydrogen) atoms. The van der Waals surface area contributed by atoms with Crippen molar-refractivity contribution in [2.75, 3.05) is 13.2 Å². The van der Waals surface area contributed by atoms with Gasteiger partial charge in [-0.25, -0.2) is 4.39 Å². The zero-order chi connectivity index (χ0) is 8.48. The van der Waals surface area contributed by atoms with Gasteiger partial charge in [-0.2, -0.15) is 0 Å². The normalized spacial score (nSPS) is 35.0. The highest BCUT2D eigenvalue weighted by Gasteiger charge is 2.60. The van der Waals surface area contributed by atoms with Crippen molar-refractivity contribution in [1.29, 1.82) is 0 Å². The molecule has 0 heterocycles. The first-order valence-electron chi connectivity index (χ1n) is 3.60. The first-order chi connectivity index (χ1) is 5.14. The lowest BCUT2D eigenvalue weighted by Crippen LogP contribution is -2.17. The van der Waals surface area contributed by atoms with Gasteiger partial charge in [0.2, 0.25) is 0 Å². The number of halogens is 1. The number of ether oxygens (including phenoxy) is 1. The average molecular weight is 162 g/mol. The van der Waals surface area contributed by atoms with Crippen LogP contribution in [0.1, 0.15) is 13.3 Å². The van der Waals surface area contributed by atoms with Crippen molar-refractivity contribution in [3.05, 3.63) is 0 Å². The Bertz CT molecular complexity index is 171. The maximum absolute atomic E-state index is 12.9. The van der Waals surface area contributed by atoms with Crippen molar-refractivity contribution in [1.82, 2.24) is 0 Å². The molecule has 1 N–H and O–H groups in total. The molecule has 3 nitrogen and oxygen atoms in total. The van der Waals surface area contributed by atoms with E-state index in [1.807, 2.05) is 0 Å². The Labute approximate surface area is 64.2 Å². The number of hydrogen-bond donors (Lipinski definition) is 1. The number of carbonyl (C=O) groups excluding carboxylic acids is 1. The van der Waals surface area contributed by atoms with E-state index in [2.05, 4.69) is 4.74 Å². The quantitative estimate of drug-likeness (QED) is 0.606. The van der Waals surface area contributed by atoms with E-state index < -0.39 is 24.2 Å². The van der Waals surface area contributed by atoms with E-state index in [0.717, 1.165) is 0 Å². The maximum atomic E-state index is 12.9. The van der Waals surface area contributed by atoms with Crippen LogP contribution in [0.5, 0.6) is 0 Å². The van der Waals surface area contributed by atoms with Gasteiger partial charge in [-0.1, -0.05) is 0 Å². The molecule has 1 fully saturated rings. The molecule has 0 spiro atoms. The molecule has 0 saturated heterocycles. The molecule has 0 aromatic heterocycles. The van der Waals surface area contributed by atoms with Crippen molar-refractivity contribution < 1.29 is 19.0 Å². The van der Waals surface area contributed by atoms with Crippen molar-refractivity contribution in [2.24, 2.45) is 5.92 Å². The molecule has 0 aromatic rings. The third-order valence-corrected chi connectivity index (χ3v) is 1.84. The second kappa shape index (κ2) is 2.77. The van der Waals surface area contributed by atoms with E-state index in [-0.39, 0.29) is 13.0 Å². The highest BCUT2D eigenvalue weighted by Crippen LogP contribution is 2.47. The summed E-state index contributed by atoms with van der Waals surface area (Å²) in [6.45, 7) is 1.34. The number of aliphatic hydroxyl groups excluding tert-OH is 1. The van der Waals surface area contributed by atoms with E-state index in [4.69, 9.17) is 5.11 Å². The number of alkyl halides is 1. The molecule has 0 bridgehead atoms. The number of esters is 1. The molecule has 2 atom stereocenters. The second-order valence-corrected chi connectivity index (χ2v) is 2.70. The van der Waals surface area contributed by atoms with E-state index in [1.54, 1.807) is 6.92 Å². The van der Waals surface area contributed by atoms with Crippen LogP contribution in [-0.4, -0.2) is 30.0 Å². The first kappa shape index (κ1) is 8.46. The SMILES string of the molecule is CCOC(=O)C1CC1(F)CO. The Balaban J connectivity index is 2.36. The highest BCUT2D eigenvalue weighted by atomic mass is 19.1. The van der Waals surface area contributed by atoms with E-state index in [1.165, 1.54) is 0 Å². The summed E-state index contributed by atoms with van der Waals surface area (Å²) in [5.74, 6) is -1.27. The van der Waals surface area contributed by atoms with Crippen molar-refractivity contribution in [3.63, 3.8) is 0 Å². The van der Waals surface area contributed by atoms with Crippen LogP contribution < -0.4 is 0 Å². The molecule has 0 aliphatic heterocycles. The first-order valence-corrected chi connectivity index (χ1v) is 3.60. The van der Waals surface area contributed by atoms with Crippen LogP contribution in [0.15, 0.2) is 0 Å². The molecule has 1 aliphatic carbocycles. The predicted molar refractivity (Wildman–Crippen MR) is 35.7 cm³/mol.